The Morgan fingerprint density at radius 2 is 1.75 bits per heavy atom. The van der Waals surface area contributed by atoms with Gasteiger partial charge in [-0.2, -0.15) is 0 Å². The lowest BCUT2D eigenvalue weighted by molar-refractivity contribution is -0.122. The Balaban J connectivity index is 0.00000140. The number of carbonyl (C=O) groups excluding carboxylic acids is 1. The number of halogens is 2. The van der Waals surface area contributed by atoms with E-state index in [1.54, 1.807) is 0 Å². The lowest BCUT2D eigenvalue weighted by Gasteiger charge is -2.43. The number of carbonyl (C=O) groups is 1. The van der Waals surface area contributed by atoms with Crippen molar-refractivity contribution in [1.29, 1.82) is 0 Å². The van der Waals surface area contributed by atoms with Gasteiger partial charge in [-0.1, -0.05) is 24.6 Å². The third-order valence-electron chi connectivity index (χ3n) is 6.56. The van der Waals surface area contributed by atoms with Crippen molar-refractivity contribution in [1.82, 2.24) is 4.90 Å². The number of nitrogens with one attached hydrogen (secondary N) is 1. The number of morpholine rings is 1. The predicted octanol–water partition coefficient (Wildman–Crippen LogP) is 3.45. The summed E-state index contributed by atoms with van der Waals surface area (Å²) in [6.45, 7) is 4.35. The molecular weight excluding hydrogens is 397 g/mol. The van der Waals surface area contributed by atoms with Crippen LogP contribution in [0.15, 0.2) is 24.3 Å². The van der Waals surface area contributed by atoms with Crippen LogP contribution < -0.4 is 11.1 Å². The van der Waals surface area contributed by atoms with Crippen molar-refractivity contribution in [2.24, 2.45) is 23.5 Å². The molecule has 2 saturated carbocycles. The van der Waals surface area contributed by atoms with Gasteiger partial charge in [0, 0.05) is 37.3 Å². The summed E-state index contributed by atoms with van der Waals surface area (Å²) in [5.41, 5.74) is 8.53. The molecule has 0 spiro atoms. The fourth-order valence-electron chi connectivity index (χ4n) is 5.02. The van der Waals surface area contributed by atoms with Crippen LogP contribution in [0.1, 0.15) is 37.7 Å². The van der Waals surface area contributed by atoms with E-state index < -0.39 is 0 Å². The van der Waals surface area contributed by atoms with E-state index in [2.05, 4.69) is 22.3 Å². The Hall–Kier alpha value is -0.850. The molecule has 3 aliphatic rings. The molecule has 7 heteroatoms. The number of nitrogens with zero attached hydrogens (tertiary/aromatic N) is 1. The number of fused-ring (bicyclic) bond motifs is 2. The molecule has 2 atom stereocenters. The first-order valence-electron chi connectivity index (χ1n) is 10.1. The summed E-state index contributed by atoms with van der Waals surface area (Å²) < 4.78 is 5.43. The largest absolute Gasteiger partial charge is 0.379 e. The van der Waals surface area contributed by atoms with Crippen LogP contribution in [0.4, 0.5) is 5.69 Å². The smallest absolute Gasteiger partial charge is 0.227 e. The number of amides is 1. The summed E-state index contributed by atoms with van der Waals surface area (Å²) in [7, 11) is 0. The molecule has 0 aromatic heterocycles. The van der Waals surface area contributed by atoms with E-state index in [4.69, 9.17) is 10.5 Å². The van der Waals surface area contributed by atoms with Crippen molar-refractivity contribution in [3.05, 3.63) is 29.8 Å². The highest BCUT2D eigenvalue weighted by molar-refractivity contribution is 5.93. The average Bonchev–Trinajstić information content (AvgIpc) is 2.64. The maximum Gasteiger partial charge on any atom is 0.227 e. The molecule has 1 amide bonds. The van der Waals surface area contributed by atoms with Crippen LogP contribution >= 0.6 is 24.8 Å². The zero-order valence-electron chi connectivity index (χ0n) is 16.3. The molecule has 0 radical (unpaired) electrons. The second-order valence-corrected chi connectivity index (χ2v) is 8.23. The van der Waals surface area contributed by atoms with E-state index >= 15 is 0 Å². The summed E-state index contributed by atoms with van der Waals surface area (Å²) >= 11 is 0. The monoisotopic (exact) mass is 429 g/mol. The highest BCUT2D eigenvalue weighted by Gasteiger charge is 2.40. The Labute approximate surface area is 180 Å². The van der Waals surface area contributed by atoms with Gasteiger partial charge in [0.05, 0.1) is 13.2 Å². The van der Waals surface area contributed by atoms with Gasteiger partial charge in [-0.25, -0.2) is 0 Å². The first-order chi connectivity index (χ1) is 12.7. The van der Waals surface area contributed by atoms with Crippen molar-refractivity contribution in [3.63, 3.8) is 0 Å². The van der Waals surface area contributed by atoms with Gasteiger partial charge in [0.2, 0.25) is 5.91 Å². The maximum atomic E-state index is 13.0. The lowest BCUT2D eigenvalue weighted by Crippen LogP contribution is -2.48. The first kappa shape index (κ1) is 23.4. The van der Waals surface area contributed by atoms with E-state index in [0.29, 0.717) is 17.9 Å². The van der Waals surface area contributed by atoms with Gasteiger partial charge in [0.25, 0.3) is 0 Å². The Bertz CT molecular complexity index is 626. The van der Waals surface area contributed by atoms with Crippen LogP contribution in [0.3, 0.4) is 0 Å². The first-order valence-corrected chi connectivity index (χ1v) is 10.1. The highest BCUT2D eigenvalue weighted by atomic mass is 35.5. The highest BCUT2D eigenvalue weighted by Crippen LogP contribution is 2.42. The Kier molecular flexibility index (Phi) is 9.03. The Morgan fingerprint density at radius 3 is 2.43 bits per heavy atom. The molecule has 3 N–H and O–H groups in total. The number of nitrogens with two attached hydrogens (primary N) is 1. The van der Waals surface area contributed by atoms with E-state index in [1.165, 1.54) is 24.8 Å². The van der Waals surface area contributed by atoms with Gasteiger partial charge in [-0.05, 0) is 49.1 Å². The van der Waals surface area contributed by atoms with Gasteiger partial charge < -0.3 is 15.8 Å². The zero-order chi connectivity index (χ0) is 17.9. The molecule has 1 saturated heterocycles. The zero-order valence-corrected chi connectivity index (χ0v) is 18.0. The minimum atomic E-state index is 0. The molecule has 2 bridgehead atoms. The average molecular weight is 430 g/mol. The van der Waals surface area contributed by atoms with Crippen molar-refractivity contribution >= 4 is 36.4 Å². The van der Waals surface area contributed by atoms with Crippen LogP contribution in [0.25, 0.3) is 0 Å². The molecule has 4 rings (SSSR count). The number of hydrogen-bond donors (Lipinski definition) is 2. The minimum absolute atomic E-state index is 0. The molecular formula is C21H33Cl2N3O2. The van der Waals surface area contributed by atoms with Crippen LogP contribution in [-0.4, -0.2) is 43.2 Å². The summed E-state index contributed by atoms with van der Waals surface area (Å²) in [5.74, 6) is 1.36. The standard InChI is InChI=1S/C21H31N3O2.2ClH/c22-20-15-5-3-6-16(20)13-18(12-15)21(25)23-19-7-2-1-4-17(19)14-24-8-10-26-11-9-24;;/h1-2,4,7,15-16,18,20H,3,5-6,8-14,22H2,(H,23,25);2*1H. The molecule has 1 heterocycles. The van der Waals surface area contributed by atoms with Crippen molar-refractivity contribution < 1.29 is 9.53 Å². The molecule has 28 heavy (non-hydrogen) atoms. The molecule has 1 aromatic rings. The quantitative estimate of drug-likeness (QED) is 0.768. The van der Waals surface area contributed by atoms with Gasteiger partial charge >= 0.3 is 0 Å². The maximum absolute atomic E-state index is 13.0. The van der Waals surface area contributed by atoms with E-state index in [-0.39, 0.29) is 36.6 Å². The molecule has 158 valence electrons. The molecule has 5 nitrogen and oxygen atoms in total. The van der Waals surface area contributed by atoms with Crippen LogP contribution in [0, 0.1) is 17.8 Å². The molecule has 2 unspecified atom stereocenters. The minimum Gasteiger partial charge on any atom is -0.379 e. The van der Waals surface area contributed by atoms with Gasteiger partial charge in [-0.15, -0.1) is 24.8 Å². The van der Waals surface area contributed by atoms with Gasteiger partial charge in [0.15, 0.2) is 0 Å². The number of rotatable bonds is 4. The van der Waals surface area contributed by atoms with Crippen LogP contribution in [-0.2, 0) is 16.1 Å². The molecule has 3 fully saturated rings. The van der Waals surface area contributed by atoms with E-state index in [9.17, 15) is 4.79 Å². The predicted molar refractivity (Wildman–Crippen MR) is 117 cm³/mol. The van der Waals surface area contributed by atoms with Crippen molar-refractivity contribution in [2.45, 2.75) is 44.7 Å². The number of hydrogen-bond acceptors (Lipinski definition) is 4. The number of ether oxygens (including phenoxy) is 1. The van der Waals surface area contributed by atoms with Gasteiger partial charge in [0.1, 0.15) is 0 Å². The summed E-state index contributed by atoms with van der Waals surface area (Å²) in [6, 6.07) is 8.51. The topological polar surface area (TPSA) is 67.6 Å². The second-order valence-electron chi connectivity index (χ2n) is 8.23. The third-order valence-corrected chi connectivity index (χ3v) is 6.56. The van der Waals surface area contributed by atoms with E-state index in [0.717, 1.165) is 51.4 Å². The van der Waals surface area contributed by atoms with E-state index in [1.807, 2.05) is 12.1 Å². The number of para-hydroxylation sites is 1. The van der Waals surface area contributed by atoms with Crippen molar-refractivity contribution in [3.8, 4) is 0 Å². The normalized spacial score (nSPS) is 29.9. The summed E-state index contributed by atoms with van der Waals surface area (Å²) in [4.78, 5) is 15.4. The molecule has 2 aliphatic carbocycles. The fourth-order valence-corrected chi connectivity index (χ4v) is 5.02. The molecule has 1 aromatic carbocycles. The van der Waals surface area contributed by atoms with Crippen LogP contribution in [0.5, 0.6) is 0 Å². The SMILES string of the molecule is Cl.Cl.NC1C2CCCC1CC(C(=O)Nc1ccccc1CN1CCOCC1)C2. The summed E-state index contributed by atoms with van der Waals surface area (Å²) in [6.07, 6.45) is 5.56. The van der Waals surface area contributed by atoms with Crippen LogP contribution in [0.2, 0.25) is 0 Å². The second kappa shape index (κ2) is 10.8. The molecule has 1 aliphatic heterocycles. The third kappa shape index (κ3) is 5.39. The lowest BCUT2D eigenvalue weighted by atomic mass is 9.65. The summed E-state index contributed by atoms with van der Waals surface area (Å²) in [5, 5.41) is 3.24. The number of anilines is 1. The van der Waals surface area contributed by atoms with Gasteiger partial charge in [-0.3, -0.25) is 9.69 Å². The Morgan fingerprint density at radius 1 is 1.11 bits per heavy atom. The van der Waals surface area contributed by atoms with Crippen molar-refractivity contribution in [2.75, 3.05) is 31.6 Å². The fraction of sp³-hybridized carbons (Fsp3) is 0.667. The number of benzene rings is 1.